The van der Waals surface area contributed by atoms with Crippen LogP contribution >= 0.6 is 23.2 Å². The Hall–Kier alpha value is -3.82. The van der Waals surface area contributed by atoms with Crippen molar-refractivity contribution in [3.63, 3.8) is 0 Å². The highest BCUT2D eigenvalue weighted by Gasteiger charge is 2.37. The van der Waals surface area contributed by atoms with Gasteiger partial charge in [-0.2, -0.15) is 0 Å². The molecule has 0 aliphatic carbocycles. The number of nitrogens with one attached hydrogen (secondary N) is 1. The standard InChI is InChI=1S/C24H20Cl2N2O7/c1-3-5-14-8-13(10-19(34-4-2)21(14)35-12-20(29)30)9-16-22(31)27-24(33)28(23(16)32)15-6-7-17(25)18(26)11-15/h3,6-11H,1,4-5,12H2,2H3,(H,29,30)(H,27,31,33)/b16-9+. The molecule has 0 atom stereocenters. The number of hydrogen-bond acceptors (Lipinski definition) is 6. The maximum atomic E-state index is 13.2. The van der Waals surface area contributed by atoms with E-state index in [1.165, 1.54) is 30.3 Å². The number of hydrogen-bond donors (Lipinski definition) is 2. The molecule has 0 unspecified atom stereocenters. The van der Waals surface area contributed by atoms with Gasteiger partial charge in [0, 0.05) is 5.56 Å². The minimum Gasteiger partial charge on any atom is -0.490 e. The number of carboxylic acids is 1. The highest BCUT2D eigenvalue weighted by Crippen LogP contribution is 2.35. The molecule has 1 heterocycles. The van der Waals surface area contributed by atoms with Gasteiger partial charge in [0.05, 0.1) is 22.3 Å². The van der Waals surface area contributed by atoms with Crippen LogP contribution in [0.2, 0.25) is 10.0 Å². The number of aliphatic carboxylic acids is 1. The lowest BCUT2D eigenvalue weighted by atomic mass is 10.0. The molecule has 2 aromatic carbocycles. The summed E-state index contributed by atoms with van der Waals surface area (Å²) < 4.78 is 11.0. The Bertz CT molecular complexity index is 1260. The topological polar surface area (TPSA) is 122 Å². The number of carbonyl (C=O) groups excluding carboxylic acids is 3. The Balaban J connectivity index is 2.08. The number of ether oxygens (including phenoxy) is 2. The van der Waals surface area contributed by atoms with E-state index in [9.17, 15) is 19.2 Å². The lowest BCUT2D eigenvalue weighted by molar-refractivity contribution is -0.139. The number of amides is 4. The van der Waals surface area contributed by atoms with Gasteiger partial charge in [-0.15, -0.1) is 6.58 Å². The molecule has 0 saturated carbocycles. The maximum absolute atomic E-state index is 13.2. The van der Waals surface area contributed by atoms with Crippen LogP contribution in [0, 0.1) is 0 Å². The third kappa shape index (κ3) is 5.82. The lowest BCUT2D eigenvalue weighted by Crippen LogP contribution is -2.54. The normalized spacial score (nSPS) is 14.7. The van der Waals surface area contributed by atoms with Crippen LogP contribution in [0.4, 0.5) is 10.5 Å². The van der Waals surface area contributed by atoms with E-state index in [-0.39, 0.29) is 39.4 Å². The van der Waals surface area contributed by atoms with Crippen LogP contribution in [-0.2, 0) is 20.8 Å². The number of anilines is 1. The Kier molecular flexibility index (Phi) is 8.16. The molecule has 2 aromatic rings. The monoisotopic (exact) mass is 518 g/mol. The van der Waals surface area contributed by atoms with Crippen molar-refractivity contribution in [1.82, 2.24) is 5.32 Å². The summed E-state index contributed by atoms with van der Waals surface area (Å²) in [4.78, 5) is 49.9. The Morgan fingerprint density at radius 2 is 1.89 bits per heavy atom. The zero-order chi connectivity index (χ0) is 25.7. The van der Waals surface area contributed by atoms with Crippen molar-refractivity contribution in [2.24, 2.45) is 0 Å². The summed E-state index contributed by atoms with van der Waals surface area (Å²) >= 11 is 11.9. The molecule has 182 valence electrons. The first-order chi connectivity index (χ1) is 16.7. The number of urea groups is 1. The summed E-state index contributed by atoms with van der Waals surface area (Å²) in [6.45, 7) is 5.08. The Labute approximate surface area is 210 Å². The van der Waals surface area contributed by atoms with E-state index >= 15 is 0 Å². The largest absolute Gasteiger partial charge is 0.490 e. The summed E-state index contributed by atoms with van der Waals surface area (Å²) in [5, 5.41) is 11.5. The first-order valence-electron chi connectivity index (χ1n) is 10.3. The van der Waals surface area contributed by atoms with Crippen molar-refractivity contribution in [2.45, 2.75) is 13.3 Å². The van der Waals surface area contributed by atoms with Gasteiger partial charge in [0.25, 0.3) is 11.8 Å². The fourth-order valence-electron chi connectivity index (χ4n) is 3.32. The molecule has 0 aromatic heterocycles. The molecule has 9 nitrogen and oxygen atoms in total. The van der Waals surface area contributed by atoms with Crippen LogP contribution in [0.5, 0.6) is 11.5 Å². The molecule has 0 spiro atoms. The zero-order valence-corrected chi connectivity index (χ0v) is 20.0. The number of carboxylic acid groups (broad SMARTS) is 1. The number of nitrogens with zero attached hydrogens (tertiary/aromatic N) is 1. The van der Waals surface area contributed by atoms with Gasteiger partial charge in [-0.3, -0.25) is 14.9 Å². The van der Waals surface area contributed by atoms with E-state index in [1.54, 1.807) is 19.1 Å². The quantitative estimate of drug-likeness (QED) is 0.289. The molecule has 1 fully saturated rings. The molecule has 3 rings (SSSR count). The second kappa shape index (κ2) is 11.1. The average Bonchev–Trinajstić information content (AvgIpc) is 2.78. The number of halogens is 2. The second-order valence-electron chi connectivity index (χ2n) is 7.17. The van der Waals surface area contributed by atoms with Crippen molar-refractivity contribution in [3.05, 3.63) is 69.7 Å². The van der Waals surface area contributed by atoms with Crippen LogP contribution < -0.4 is 19.7 Å². The van der Waals surface area contributed by atoms with Gasteiger partial charge in [0.1, 0.15) is 5.57 Å². The number of imide groups is 2. The molecule has 0 bridgehead atoms. The van der Waals surface area contributed by atoms with E-state index in [4.69, 9.17) is 37.8 Å². The van der Waals surface area contributed by atoms with Crippen molar-refractivity contribution >= 4 is 58.8 Å². The molecule has 2 N–H and O–H groups in total. The predicted molar refractivity (Wildman–Crippen MR) is 130 cm³/mol. The lowest BCUT2D eigenvalue weighted by Gasteiger charge is -2.26. The molecular formula is C24H20Cl2N2O7. The van der Waals surface area contributed by atoms with Gasteiger partial charge < -0.3 is 14.6 Å². The Morgan fingerprint density at radius 1 is 1.14 bits per heavy atom. The van der Waals surface area contributed by atoms with E-state index < -0.39 is 30.4 Å². The van der Waals surface area contributed by atoms with Gasteiger partial charge in [0.2, 0.25) is 0 Å². The van der Waals surface area contributed by atoms with E-state index in [0.717, 1.165) is 4.90 Å². The molecule has 1 saturated heterocycles. The fourth-order valence-corrected chi connectivity index (χ4v) is 3.61. The fraction of sp³-hybridized carbons (Fsp3) is 0.167. The van der Waals surface area contributed by atoms with Gasteiger partial charge in [-0.1, -0.05) is 29.3 Å². The van der Waals surface area contributed by atoms with Gasteiger partial charge >= 0.3 is 12.0 Å². The number of carbonyl (C=O) groups is 4. The van der Waals surface area contributed by atoms with Crippen LogP contribution in [0.25, 0.3) is 6.08 Å². The number of barbiturate groups is 1. The maximum Gasteiger partial charge on any atom is 0.341 e. The van der Waals surface area contributed by atoms with Crippen LogP contribution in [0.1, 0.15) is 18.1 Å². The molecule has 1 aliphatic rings. The highest BCUT2D eigenvalue weighted by molar-refractivity contribution is 6.43. The van der Waals surface area contributed by atoms with Crippen molar-refractivity contribution in [2.75, 3.05) is 18.1 Å². The first kappa shape index (κ1) is 25.8. The molecule has 0 radical (unpaired) electrons. The third-order valence-electron chi connectivity index (χ3n) is 4.73. The summed E-state index contributed by atoms with van der Waals surface area (Å²) in [7, 11) is 0. The minimum absolute atomic E-state index is 0.125. The molecule has 35 heavy (non-hydrogen) atoms. The third-order valence-corrected chi connectivity index (χ3v) is 5.47. The van der Waals surface area contributed by atoms with E-state index in [0.29, 0.717) is 17.5 Å². The van der Waals surface area contributed by atoms with Gasteiger partial charge in [-0.05, 0) is 55.3 Å². The summed E-state index contributed by atoms with van der Waals surface area (Å²) in [5.41, 5.74) is 0.719. The smallest absolute Gasteiger partial charge is 0.341 e. The SMILES string of the molecule is C=CCc1cc(/C=C2\C(=O)NC(=O)N(c3ccc(Cl)c(Cl)c3)C2=O)cc(OCC)c1OCC(=O)O. The van der Waals surface area contributed by atoms with E-state index in [2.05, 4.69) is 11.9 Å². The zero-order valence-electron chi connectivity index (χ0n) is 18.5. The molecule has 1 aliphatic heterocycles. The number of allylic oxidation sites excluding steroid dienone is 1. The number of benzene rings is 2. The van der Waals surface area contributed by atoms with Crippen LogP contribution in [0.3, 0.4) is 0 Å². The molecule has 4 amide bonds. The van der Waals surface area contributed by atoms with Crippen molar-refractivity contribution < 1.29 is 33.8 Å². The first-order valence-corrected chi connectivity index (χ1v) is 11.0. The minimum atomic E-state index is -1.17. The second-order valence-corrected chi connectivity index (χ2v) is 7.99. The van der Waals surface area contributed by atoms with E-state index in [1.807, 2.05) is 0 Å². The van der Waals surface area contributed by atoms with Gasteiger partial charge in [-0.25, -0.2) is 14.5 Å². The van der Waals surface area contributed by atoms with Crippen LogP contribution in [-0.4, -0.2) is 42.1 Å². The molecule has 11 heteroatoms. The highest BCUT2D eigenvalue weighted by atomic mass is 35.5. The van der Waals surface area contributed by atoms with Gasteiger partial charge in [0.15, 0.2) is 18.1 Å². The number of rotatable bonds is 9. The van der Waals surface area contributed by atoms with Crippen molar-refractivity contribution in [3.8, 4) is 11.5 Å². The van der Waals surface area contributed by atoms with Crippen LogP contribution in [0.15, 0.2) is 48.6 Å². The predicted octanol–water partition coefficient (Wildman–Crippen LogP) is 4.25. The van der Waals surface area contributed by atoms with Crippen molar-refractivity contribution in [1.29, 1.82) is 0 Å². The molecular weight excluding hydrogens is 499 g/mol. The summed E-state index contributed by atoms with van der Waals surface area (Å²) in [6.07, 6.45) is 3.17. The Morgan fingerprint density at radius 3 is 2.51 bits per heavy atom. The summed E-state index contributed by atoms with van der Waals surface area (Å²) in [5.74, 6) is -2.48. The summed E-state index contributed by atoms with van der Waals surface area (Å²) in [6, 6.07) is 6.35. The average molecular weight is 519 g/mol.